The fraction of sp³-hybridized carbons (Fsp3) is 0.273. The van der Waals surface area contributed by atoms with Crippen molar-refractivity contribution < 1.29 is 19.4 Å². The Labute approximate surface area is 93.0 Å². The summed E-state index contributed by atoms with van der Waals surface area (Å²) < 4.78 is 4.51. The highest BCUT2D eigenvalue weighted by Gasteiger charge is 2.09. The van der Waals surface area contributed by atoms with Crippen LogP contribution in [0.2, 0.25) is 0 Å². The molecule has 5 heteroatoms. The first-order valence-electron chi connectivity index (χ1n) is 4.69. The molecule has 1 amide bonds. The SMILES string of the molecule is COC(=O)c1ccc(CNC(C)=O)c(O)c1. The lowest BCUT2D eigenvalue weighted by Gasteiger charge is -2.06. The number of amides is 1. The lowest BCUT2D eigenvalue weighted by Crippen LogP contribution is -2.19. The van der Waals surface area contributed by atoms with E-state index >= 15 is 0 Å². The molecule has 0 fully saturated rings. The van der Waals surface area contributed by atoms with Crippen LogP contribution in [0.4, 0.5) is 0 Å². The van der Waals surface area contributed by atoms with Gasteiger partial charge in [0.2, 0.25) is 5.91 Å². The van der Waals surface area contributed by atoms with Crippen molar-refractivity contribution in [3.63, 3.8) is 0 Å². The van der Waals surface area contributed by atoms with Gasteiger partial charge in [0.25, 0.3) is 0 Å². The minimum absolute atomic E-state index is 0.0448. The van der Waals surface area contributed by atoms with Crippen molar-refractivity contribution in [3.8, 4) is 5.75 Å². The maximum absolute atomic E-state index is 11.1. The zero-order valence-electron chi connectivity index (χ0n) is 9.11. The van der Waals surface area contributed by atoms with E-state index in [1.807, 2.05) is 0 Å². The van der Waals surface area contributed by atoms with Gasteiger partial charge in [-0.3, -0.25) is 4.79 Å². The highest BCUT2D eigenvalue weighted by Crippen LogP contribution is 2.19. The molecule has 0 atom stereocenters. The Morgan fingerprint density at radius 2 is 2.12 bits per heavy atom. The van der Waals surface area contributed by atoms with Crippen LogP contribution in [-0.4, -0.2) is 24.1 Å². The Hall–Kier alpha value is -2.04. The van der Waals surface area contributed by atoms with Crippen molar-refractivity contribution in [2.75, 3.05) is 7.11 Å². The lowest BCUT2D eigenvalue weighted by molar-refractivity contribution is -0.119. The van der Waals surface area contributed by atoms with Crippen LogP contribution in [-0.2, 0) is 16.1 Å². The molecule has 0 radical (unpaired) electrons. The molecule has 16 heavy (non-hydrogen) atoms. The second-order valence-electron chi connectivity index (χ2n) is 3.24. The number of nitrogens with one attached hydrogen (secondary N) is 1. The fourth-order valence-electron chi connectivity index (χ4n) is 1.18. The predicted octanol–water partition coefficient (Wildman–Crippen LogP) is 0.815. The third-order valence-electron chi connectivity index (χ3n) is 2.03. The van der Waals surface area contributed by atoms with Crippen molar-refractivity contribution in [1.82, 2.24) is 5.32 Å². The van der Waals surface area contributed by atoms with Gasteiger partial charge in [-0.25, -0.2) is 4.79 Å². The van der Waals surface area contributed by atoms with Crippen LogP contribution in [0.15, 0.2) is 18.2 Å². The number of ether oxygens (including phenoxy) is 1. The quantitative estimate of drug-likeness (QED) is 0.744. The Bertz CT molecular complexity index is 414. The van der Waals surface area contributed by atoms with Gasteiger partial charge in [0, 0.05) is 19.0 Å². The molecule has 5 nitrogen and oxygen atoms in total. The summed E-state index contributed by atoms with van der Waals surface area (Å²) in [5.41, 5.74) is 0.814. The number of phenols is 1. The zero-order chi connectivity index (χ0) is 12.1. The number of carbonyl (C=O) groups excluding carboxylic acids is 2. The molecule has 0 unspecified atom stereocenters. The Balaban J connectivity index is 2.83. The maximum Gasteiger partial charge on any atom is 0.337 e. The molecule has 0 saturated heterocycles. The molecule has 1 aromatic carbocycles. The van der Waals surface area contributed by atoms with Gasteiger partial charge in [0.15, 0.2) is 0 Å². The second-order valence-corrected chi connectivity index (χ2v) is 3.24. The number of methoxy groups -OCH3 is 1. The smallest absolute Gasteiger partial charge is 0.337 e. The van der Waals surface area contributed by atoms with Gasteiger partial charge in [-0.15, -0.1) is 0 Å². The van der Waals surface area contributed by atoms with Crippen molar-refractivity contribution in [3.05, 3.63) is 29.3 Å². The van der Waals surface area contributed by atoms with Crippen LogP contribution >= 0.6 is 0 Å². The lowest BCUT2D eigenvalue weighted by atomic mass is 10.1. The summed E-state index contributed by atoms with van der Waals surface area (Å²) in [4.78, 5) is 21.8. The van der Waals surface area contributed by atoms with Crippen molar-refractivity contribution in [1.29, 1.82) is 0 Å². The summed E-state index contributed by atoms with van der Waals surface area (Å²) in [7, 11) is 1.27. The number of hydrogen-bond donors (Lipinski definition) is 2. The van der Waals surface area contributed by atoms with E-state index in [-0.39, 0.29) is 23.8 Å². The van der Waals surface area contributed by atoms with E-state index in [4.69, 9.17) is 0 Å². The molecule has 86 valence electrons. The summed E-state index contributed by atoms with van der Waals surface area (Å²) >= 11 is 0. The van der Waals surface area contributed by atoms with E-state index in [0.717, 1.165) is 0 Å². The second kappa shape index (κ2) is 5.16. The summed E-state index contributed by atoms with van der Waals surface area (Å²) in [5.74, 6) is -0.741. The van der Waals surface area contributed by atoms with Crippen LogP contribution in [0, 0.1) is 0 Å². The number of aromatic hydroxyl groups is 1. The van der Waals surface area contributed by atoms with Crippen LogP contribution in [0.25, 0.3) is 0 Å². The normalized spacial score (nSPS) is 9.62. The Morgan fingerprint density at radius 1 is 1.44 bits per heavy atom. The van der Waals surface area contributed by atoms with Crippen LogP contribution in [0.3, 0.4) is 0 Å². The highest BCUT2D eigenvalue weighted by atomic mass is 16.5. The van der Waals surface area contributed by atoms with E-state index in [1.165, 1.54) is 26.2 Å². The average Bonchev–Trinajstić information content (AvgIpc) is 2.26. The fourth-order valence-corrected chi connectivity index (χ4v) is 1.18. The van der Waals surface area contributed by atoms with Crippen molar-refractivity contribution in [2.45, 2.75) is 13.5 Å². The van der Waals surface area contributed by atoms with E-state index in [2.05, 4.69) is 10.1 Å². The molecule has 0 aliphatic heterocycles. The maximum atomic E-state index is 11.1. The van der Waals surface area contributed by atoms with Gasteiger partial charge in [0.1, 0.15) is 5.75 Å². The topological polar surface area (TPSA) is 75.6 Å². The molecule has 0 aromatic heterocycles. The summed E-state index contributed by atoms with van der Waals surface area (Å²) in [6.07, 6.45) is 0. The van der Waals surface area contributed by atoms with E-state index < -0.39 is 5.97 Å². The summed E-state index contributed by atoms with van der Waals surface area (Å²) in [5, 5.41) is 12.1. The van der Waals surface area contributed by atoms with Crippen molar-refractivity contribution in [2.24, 2.45) is 0 Å². The van der Waals surface area contributed by atoms with Gasteiger partial charge >= 0.3 is 5.97 Å². The molecular weight excluding hydrogens is 210 g/mol. The number of esters is 1. The Kier molecular flexibility index (Phi) is 3.88. The molecule has 1 aromatic rings. The molecule has 0 aliphatic rings. The standard InChI is InChI=1S/C11H13NO4/c1-7(13)12-6-9-4-3-8(5-10(9)14)11(15)16-2/h3-5,14H,6H2,1-2H3,(H,12,13). The molecule has 0 heterocycles. The summed E-state index contributed by atoms with van der Waals surface area (Å²) in [6.45, 7) is 1.61. The molecule has 2 N–H and O–H groups in total. The minimum Gasteiger partial charge on any atom is -0.508 e. The number of phenolic OH excluding ortho intramolecular Hbond substituents is 1. The zero-order valence-corrected chi connectivity index (χ0v) is 9.11. The molecule has 0 saturated carbocycles. The number of carbonyl (C=O) groups is 2. The van der Waals surface area contributed by atoms with Crippen molar-refractivity contribution >= 4 is 11.9 Å². The molecule has 0 aliphatic carbocycles. The number of benzene rings is 1. The van der Waals surface area contributed by atoms with E-state index in [1.54, 1.807) is 6.07 Å². The highest BCUT2D eigenvalue weighted by molar-refractivity contribution is 5.89. The molecular formula is C11H13NO4. The summed E-state index contributed by atoms with van der Waals surface area (Å²) in [6, 6.07) is 4.41. The van der Waals surface area contributed by atoms with Gasteiger partial charge < -0.3 is 15.2 Å². The third-order valence-corrected chi connectivity index (χ3v) is 2.03. The average molecular weight is 223 g/mol. The largest absolute Gasteiger partial charge is 0.508 e. The molecule has 1 rings (SSSR count). The van der Waals surface area contributed by atoms with E-state index in [9.17, 15) is 14.7 Å². The van der Waals surface area contributed by atoms with Crippen LogP contribution in [0.1, 0.15) is 22.8 Å². The first-order chi connectivity index (χ1) is 7.54. The molecule has 0 spiro atoms. The van der Waals surface area contributed by atoms with Gasteiger partial charge in [-0.1, -0.05) is 6.07 Å². The monoisotopic (exact) mass is 223 g/mol. The number of rotatable bonds is 3. The van der Waals surface area contributed by atoms with Crippen LogP contribution < -0.4 is 5.32 Å². The van der Waals surface area contributed by atoms with Crippen LogP contribution in [0.5, 0.6) is 5.75 Å². The van der Waals surface area contributed by atoms with Gasteiger partial charge in [-0.05, 0) is 12.1 Å². The Morgan fingerprint density at radius 3 is 2.62 bits per heavy atom. The first-order valence-corrected chi connectivity index (χ1v) is 4.69. The van der Waals surface area contributed by atoms with Gasteiger partial charge in [-0.2, -0.15) is 0 Å². The predicted molar refractivity (Wildman–Crippen MR) is 57.0 cm³/mol. The molecule has 0 bridgehead atoms. The first kappa shape index (κ1) is 12.0. The van der Waals surface area contributed by atoms with E-state index in [0.29, 0.717) is 5.56 Å². The minimum atomic E-state index is -0.513. The van der Waals surface area contributed by atoms with Gasteiger partial charge in [0.05, 0.1) is 12.7 Å². The number of hydrogen-bond acceptors (Lipinski definition) is 4. The third kappa shape index (κ3) is 2.98.